The monoisotopic (exact) mass is 340 g/mol. The van der Waals surface area contributed by atoms with Crippen molar-refractivity contribution in [3.8, 4) is 5.69 Å². The number of hydrogen-bond acceptors (Lipinski definition) is 3. The normalized spacial score (nSPS) is 16.2. The second-order valence-corrected chi connectivity index (χ2v) is 6.17. The number of rotatable bonds is 1. The van der Waals surface area contributed by atoms with Gasteiger partial charge in [0.1, 0.15) is 17.7 Å². The Morgan fingerprint density at radius 1 is 1.08 bits per heavy atom. The largest absolute Gasteiger partial charge is 0.281 e. The van der Waals surface area contributed by atoms with Crippen molar-refractivity contribution in [3.63, 3.8) is 0 Å². The maximum Gasteiger partial charge on any atom is 0.162 e. The molecule has 0 aliphatic carbocycles. The van der Waals surface area contributed by atoms with Crippen molar-refractivity contribution in [1.29, 1.82) is 0 Å². The molecule has 3 aromatic rings. The highest BCUT2D eigenvalue weighted by Gasteiger charge is 2.26. The summed E-state index contributed by atoms with van der Waals surface area (Å²) in [6, 6.07) is 11.9. The SMILES string of the molecule is Cc1nnc2n1-c1ccc(Cl)cc1C(c1ccccc1F)=N[C@H]2C. The predicted octanol–water partition coefficient (Wildman–Crippen LogP) is 4.28. The summed E-state index contributed by atoms with van der Waals surface area (Å²) in [5, 5.41) is 8.98. The van der Waals surface area contributed by atoms with Crippen LogP contribution in [0.3, 0.4) is 0 Å². The van der Waals surface area contributed by atoms with Crippen LogP contribution in [0.5, 0.6) is 0 Å². The van der Waals surface area contributed by atoms with E-state index in [4.69, 9.17) is 16.6 Å². The number of aromatic nitrogens is 3. The Morgan fingerprint density at radius 2 is 1.88 bits per heavy atom. The Morgan fingerprint density at radius 3 is 2.67 bits per heavy atom. The minimum atomic E-state index is -0.316. The first-order valence-electron chi connectivity index (χ1n) is 7.61. The number of halogens is 2. The van der Waals surface area contributed by atoms with E-state index in [1.165, 1.54) is 6.07 Å². The van der Waals surface area contributed by atoms with E-state index in [9.17, 15) is 4.39 Å². The molecule has 2 aromatic carbocycles. The highest BCUT2D eigenvalue weighted by atomic mass is 35.5. The van der Waals surface area contributed by atoms with Crippen LogP contribution in [0.15, 0.2) is 47.5 Å². The average molecular weight is 341 g/mol. The fourth-order valence-electron chi connectivity index (χ4n) is 3.03. The average Bonchev–Trinajstić information content (AvgIpc) is 2.89. The molecule has 0 spiro atoms. The van der Waals surface area contributed by atoms with Crippen LogP contribution in [0.1, 0.15) is 35.7 Å². The van der Waals surface area contributed by atoms with Gasteiger partial charge in [0.05, 0.1) is 11.4 Å². The summed E-state index contributed by atoms with van der Waals surface area (Å²) in [5.74, 6) is 1.16. The molecule has 1 atom stereocenters. The smallest absolute Gasteiger partial charge is 0.162 e. The Balaban J connectivity index is 2.07. The van der Waals surface area contributed by atoms with Crippen LogP contribution in [0.4, 0.5) is 4.39 Å². The maximum absolute atomic E-state index is 14.4. The molecule has 4 rings (SSSR count). The molecule has 0 amide bonds. The van der Waals surface area contributed by atoms with Gasteiger partial charge in [0.2, 0.25) is 0 Å². The molecule has 120 valence electrons. The summed E-state index contributed by atoms with van der Waals surface area (Å²) < 4.78 is 16.4. The quantitative estimate of drug-likeness (QED) is 0.663. The van der Waals surface area contributed by atoms with E-state index in [0.717, 1.165) is 22.9 Å². The molecule has 1 aliphatic heterocycles. The van der Waals surface area contributed by atoms with Gasteiger partial charge < -0.3 is 0 Å². The second kappa shape index (κ2) is 5.53. The van der Waals surface area contributed by atoms with Crippen molar-refractivity contribution in [2.24, 2.45) is 4.99 Å². The van der Waals surface area contributed by atoms with Gasteiger partial charge in [0.15, 0.2) is 5.82 Å². The predicted molar refractivity (Wildman–Crippen MR) is 91.6 cm³/mol. The first kappa shape index (κ1) is 15.0. The van der Waals surface area contributed by atoms with Crippen molar-refractivity contribution < 1.29 is 4.39 Å². The third kappa shape index (κ3) is 2.24. The van der Waals surface area contributed by atoms with Crippen molar-refractivity contribution >= 4 is 17.3 Å². The van der Waals surface area contributed by atoms with Crippen LogP contribution in [0.2, 0.25) is 5.02 Å². The van der Waals surface area contributed by atoms with E-state index in [1.54, 1.807) is 24.3 Å². The molecule has 4 nitrogen and oxygen atoms in total. The van der Waals surface area contributed by atoms with Gasteiger partial charge in [0.25, 0.3) is 0 Å². The lowest BCUT2D eigenvalue weighted by molar-refractivity contribution is 0.624. The summed E-state index contributed by atoms with van der Waals surface area (Å²) in [6.07, 6.45) is 0. The zero-order chi connectivity index (χ0) is 16.8. The number of benzene rings is 2. The van der Waals surface area contributed by atoms with Gasteiger partial charge >= 0.3 is 0 Å². The lowest BCUT2D eigenvalue weighted by Crippen LogP contribution is -2.09. The highest BCUT2D eigenvalue weighted by molar-refractivity contribution is 6.31. The molecular formula is C18H14ClFN4. The van der Waals surface area contributed by atoms with Gasteiger partial charge in [-0.1, -0.05) is 23.7 Å². The summed E-state index contributed by atoms with van der Waals surface area (Å²) in [6.45, 7) is 3.81. The van der Waals surface area contributed by atoms with E-state index < -0.39 is 0 Å². The van der Waals surface area contributed by atoms with Crippen molar-refractivity contribution in [1.82, 2.24) is 14.8 Å². The Hall–Kier alpha value is -2.53. The third-order valence-corrected chi connectivity index (χ3v) is 4.36. The van der Waals surface area contributed by atoms with E-state index >= 15 is 0 Å². The molecule has 1 aliphatic rings. The fourth-order valence-corrected chi connectivity index (χ4v) is 3.20. The molecule has 0 saturated carbocycles. The zero-order valence-electron chi connectivity index (χ0n) is 13.2. The third-order valence-electron chi connectivity index (χ3n) is 4.13. The molecule has 0 radical (unpaired) electrons. The summed E-state index contributed by atoms with van der Waals surface area (Å²) in [4.78, 5) is 4.74. The molecule has 24 heavy (non-hydrogen) atoms. The van der Waals surface area contributed by atoms with Crippen LogP contribution >= 0.6 is 11.6 Å². The maximum atomic E-state index is 14.4. The van der Waals surface area contributed by atoms with Gasteiger partial charge in [-0.3, -0.25) is 9.56 Å². The standard InChI is InChI=1S/C18H14ClFN4/c1-10-18-23-22-11(2)24(18)16-8-7-12(19)9-14(16)17(21-10)13-5-3-4-6-15(13)20/h3-10H,1-2H3/t10-/m0/s1. The Kier molecular flexibility index (Phi) is 3.46. The van der Waals surface area contributed by atoms with Crippen LogP contribution in [-0.4, -0.2) is 20.5 Å². The van der Waals surface area contributed by atoms with Gasteiger partial charge in [0, 0.05) is 16.1 Å². The molecule has 0 fully saturated rings. The molecule has 0 bridgehead atoms. The molecule has 1 aromatic heterocycles. The summed E-state index contributed by atoms with van der Waals surface area (Å²) in [7, 11) is 0. The highest BCUT2D eigenvalue weighted by Crippen LogP contribution is 2.32. The van der Waals surface area contributed by atoms with Gasteiger partial charge in [-0.25, -0.2) is 4.39 Å². The van der Waals surface area contributed by atoms with E-state index in [-0.39, 0.29) is 11.9 Å². The fraction of sp³-hybridized carbons (Fsp3) is 0.167. The first-order chi connectivity index (χ1) is 11.6. The molecular weight excluding hydrogens is 327 g/mol. The number of aliphatic imine (C=N–C) groups is 1. The van der Waals surface area contributed by atoms with E-state index in [2.05, 4.69) is 10.2 Å². The lowest BCUT2D eigenvalue weighted by atomic mass is 10.00. The lowest BCUT2D eigenvalue weighted by Gasteiger charge is -2.13. The van der Waals surface area contributed by atoms with Gasteiger partial charge in [-0.05, 0) is 44.2 Å². The molecule has 0 N–H and O–H groups in total. The Bertz CT molecular complexity index is 977. The van der Waals surface area contributed by atoms with Gasteiger partial charge in [-0.15, -0.1) is 10.2 Å². The van der Waals surface area contributed by atoms with Crippen molar-refractivity contribution in [3.05, 3.63) is 76.1 Å². The topological polar surface area (TPSA) is 43.1 Å². The zero-order valence-corrected chi connectivity index (χ0v) is 13.9. The van der Waals surface area contributed by atoms with Crippen LogP contribution in [-0.2, 0) is 0 Å². The molecule has 6 heteroatoms. The summed E-state index contributed by atoms with van der Waals surface area (Å²) >= 11 is 6.21. The minimum absolute atomic E-state index is 0.257. The van der Waals surface area contributed by atoms with E-state index in [0.29, 0.717) is 16.3 Å². The van der Waals surface area contributed by atoms with Crippen molar-refractivity contribution in [2.45, 2.75) is 19.9 Å². The van der Waals surface area contributed by atoms with Crippen LogP contribution < -0.4 is 0 Å². The molecule has 2 heterocycles. The summed E-state index contributed by atoms with van der Waals surface area (Å²) in [5.41, 5.74) is 2.64. The van der Waals surface area contributed by atoms with Gasteiger partial charge in [-0.2, -0.15) is 0 Å². The minimum Gasteiger partial charge on any atom is -0.281 e. The number of hydrogen-bond donors (Lipinski definition) is 0. The van der Waals surface area contributed by atoms with E-state index in [1.807, 2.05) is 30.5 Å². The number of fused-ring (bicyclic) bond motifs is 3. The molecule has 0 saturated heterocycles. The molecule has 0 unspecified atom stereocenters. The van der Waals surface area contributed by atoms with Crippen LogP contribution in [0, 0.1) is 12.7 Å². The van der Waals surface area contributed by atoms with Crippen LogP contribution in [0.25, 0.3) is 5.69 Å². The number of aryl methyl sites for hydroxylation is 1. The Labute approximate surface area is 143 Å². The van der Waals surface area contributed by atoms with Crippen molar-refractivity contribution in [2.75, 3.05) is 0 Å². The second-order valence-electron chi connectivity index (χ2n) is 5.74. The first-order valence-corrected chi connectivity index (χ1v) is 7.99. The number of nitrogens with zero attached hydrogens (tertiary/aromatic N) is 4.